The number of hydrogen-bond acceptors (Lipinski definition) is 8. The highest BCUT2D eigenvalue weighted by Crippen LogP contribution is 2.34. The molecule has 0 aliphatic heterocycles. The number of benzene rings is 4. The van der Waals surface area contributed by atoms with Crippen LogP contribution in [0.4, 0.5) is 11.6 Å². The molecule has 298 valence electrons. The van der Waals surface area contributed by atoms with Crippen LogP contribution in [-0.2, 0) is 6.54 Å². The van der Waals surface area contributed by atoms with Crippen molar-refractivity contribution in [2.45, 2.75) is 52.0 Å². The van der Waals surface area contributed by atoms with Crippen LogP contribution in [0.15, 0.2) is 110 Å². The van der Waals surface area contributed by atoms with E-state index in [9.17, 15) is 29.8 Å². The van der Waals surface area contributed by atoms with Crippen molar-refractivity contribution < 1.29 is 19.4 Å². The third-order valence-corrected chi connectivity index (χ3v) is 10.5. The minimum Gasteiger partial charge on any atom is -0.358 e. The van der Waals surface area contributed by atoms with Crippen LogP contribution in [0.5, 0.6) is 0 Å². The van der Waals surface area contributed by atoms with E-state index in [0.717, 1.165) is 54.0 Å². The second-order valence-electron chi connectivity index (χ2n) is 14.0. The van der Waals surface area contributed by atoms with Crippen LogP contribution >= 0.6 is 23.2 Å². The molecule has 3 aromatic heterocycles. The van der Waals surface area contributed by atoms with E-state index in [-0.39, 0.29) is 11.4 Å². The number of Topliss-reactive ketones (excluding diaryl/α,β-unsaturated/α-hetero) is 2. The van der Waals surface area contributed by atoms with E-state index < -0.39 is 33.0 Å². The number of allylic oxidation sites excluding steroid dienone is 2. The zero-order valence-electron chi connectivity index (χ0n) is 31.8. The van der Waals surface area contributed by atoms with E-state index in [0.29, 0.717) is 32.3 Å². The van der Waals surface area contributed by atoms with Gasteiger partial charge in [0.1, 0.15) is 12.4 Å². The SMILES string of the molecule is CCCCCCCCn1c2ccc(/C=C(/C(=O)c3ccc(Cl)cc3)n3cnc([N+](=O)[O-])c3)cc2c2cc(/C=C(/C(=O)c3ccc(Cl)cc3)n3cnc([N+](=O)[O-])c3)ccc21. The number of hydrogen-bond donors (Lipinski definition) is 0. The summed E-state index contributed by atoms with van der Waals surface area (Å²) in [7, 11) is 0. The molecule has 0 aliphatic carbocycles. The van der Waals surface area contributed by atoms with Gasteiger partial charge in [0.25, 0.3) is 0 Å². The van der Waals surface area contributed by atoms with Gasteiger partial charge in [-0.15, -0.1) is 0 Å². The normalized spacial score (nSPS) is 12.1. The molecule has 7 rings (SSSR count). The zero-order valence-corrected chi connectivity index (χ0v) is 33.3. The van der Waals surface area contributed by atoms with Crippen molar-refractivity contribution in [1.29, 1.82) is 0 Å². The number of unbranched alkanes of at least 4 members (excludes halogenated alkanes) is 5. The molecule has 7 aromatic rings. The average Bonchev–Trinajstić information content (AvgIpc) is 3.99. The predicted molar refractivity (Wildman–Crippen MR) is 230 cm³/mol. The van der Waals surface area contributed by atoms with Gasteiger partial charge >= 0.3 is 11.6 Å². The predicted octanol–water partition coefficient (Wildman–Crippen LogP) is 11.4. The van der Waals surface area contributed by atoms with E-state index >= 15 is 0 Å². The molecule has 0 N–H and O–H groups in total. The van der Waals surface area contributed by atoms with Gasteiger partial charge in [-0.3, -0.25) is 18.7 Å². The number of halogens is 2. The van der Waals surface area contributed by atoms with Gasteiger partial charge in [-0.2, -0.15) is 0 Å². The first-order valence-corrected chi connectivity index (χ1v) is 19.7. The first kappa shape index (κ1) is 40.5. The molecule has 3 heterocycles. The Hall–Kier alpha value is -6.70. The molecule has 0 amide bonds. The fraction of sp³-hybridized carbons (Fsp3) is 0.182. The molecule has 0 spiro atoms. The number of aryl methyl sites for hydroxylation is 1. The molecule has 0 saturated heterocycles. The lowest BCUT2D eigenvalue weighted by Gasteiger charge is -2.09. The van der Waals surface area contributed by atoms with Crippen LogP contribution < -0.4 is 0 Å². The summed E-state index contributed by atoms with van der Waals surface area (Å²) in [5.74, 6) is -1.62. The number of ketones is 2. The summed E-state index contributed by atoms with van der Waals surface area (Å²) in [6.45, 7) is 2.95. The molecule has 0 fully saturated rings. The molecule has 0 saturated carbocycles. The Morgan fingerprint density at radius 1 is 0.627 bits per heavy atom. The summed E-state index contributed by atoms with van der Waals surface area (Å²) >= 11 is 12.2. The second kappa shape index (κ2) is 17.8. The summed E-state index contributed by atoms with van der Waals surface area (Å²) < 4.78 is 4.94. The van der Waals surface area contributed by atoms with Gasteiger partial charge in [0.05, 0.1) is 11.4 Å². The Morgan fingerprint density at radius 3 is 1.46 bits per heavy atom. The van der Waals surface area contributed by atoms with Gasteiger partial charge in [-0.05, 0) is 122 Å². The Kier molecular flexibility index (Phi) is 12.2. The summed E-state index contributed by atoms with van der Waals surface area (Å²) in [5, 5.41) is 25.8. The number of fused-ring (bicyclic) bond motifs is 3. The highest BCUT2D eigenvalue weighted by molar-refractivity contribution is 6.32. The number of nitrogens with zero attached hydrogens (tertiary/aromatic N) is 7. The number of imidazole rings is 2. The quantitative estimate of drug-likeness (QED) is 0.0288. The first-order chi connectivity index (χ1) is 28.5. The van der Waals surface area contributed by atoms with Crippen LogP contribution in [0.2, 0.25) is 10.0 Å². The third kappa shape index (κ3) is 9.06. The highest BCUT2D eigenvalue weighted by Gasteiger charge is 2.22. The summed E-state index contributed by atoms with van der Waals surface area (Å²) in [6.07, 6.45) is 14.9. The summed E-state index contributed by atoms with van der Waals surface area (Å²) in [6, 6.07) is 24.5. The van der Waals surface area contributed by atoms with Gasteiger partial charge in [0.2, 0.25) is 24.2 Å². The van der Waals surface area contributed by atoms with E-state index in [2.05, 4.69) is 21.5 Å². The lowest BCUT2D eigenvalue weighted by atomic mass is 10.0. The van der Waals surface area contributed by atoms with Gasteiger partial charge in [0.15, 0.2) is 0 Å². The Bertz CT molecular complexity index is 2600. The van der Waals surface area contributed by atoms with Crippen molar-refractivity contribution in [3.8, 4) is 0 Å². The minimum atomic E-state index is -0.625. The van der Waals surface area contributed by atoms with Crippen LogP contribution in [0.1, 0.15) is 77.3 Å². The maximum absolute atomic E-state index is 14.0. The van der Waals surface area contributed by atoms with E-state index in [1.54, 1.807) is 60.7 Å². The lowest BCUT2D eigenvalue weighted by Crippen LogP contribution is -2.08. The van der Waals surface area contributed by atoms with Crippen molar-refractivity contribution in [3.63, 3.8) is 0 Å². The topological polar surface area (TPSA) is 161 Å². The maximum Gasteiger partial charge on any atom is 0.381 e. The third-order valence-electron chi connectivity index (χ3n) is 10.0. The molecule has 0 aliphatic rings. The molecule has 59 heavy (non-hydrogen) atoms. The second-order valence-corrected chi connectivity index (χ2v) is 14.9. The number of carbonyl (C=O) groups is 2. The zero-order chi connectivity index (χ0) is 41.6. The van der Waals surface area contributed by atoms with Crippen molar-refractivity contribution >= 4 is 91.8 Å². The van der Waals surface area contributed by atoms with Gasteiger partial charge in [0, 0.05) is 49.5 Å². The number of carbonyl (C=O) groups excluding carboxylic acids is 2. The molecule has 15 heteroatoms. The minimum absolute atomic E-state index is 0.131. The molecular weight excluding hydrogens is 793 g/mol. The molecular formula is C44H37Cl2N7O6. The number of nitro groups is 2. The largest absolute Gasteiger partial charge is 0.381 e. The van der Waals surface area contributed by atoms with Gasteiger partial charge < -0.3 is 24.8 Å². The fourth-order valence-corrected chi connectivity index (χ4v) is 7.27. The van der Waals surface area contributed by atoms with Gasteiger partial charge in [-0.25, -0.2) is 0 Å². The van der Waals surface area contributed by atoms with Gasteiger partial charge in [-0.1, -0.05) is 74.4 Å². The Labute approximate surface area is 348 Å². The maximum atomic E-state index is 14.0. The van der Waals surface area contributed by atoms with Crippen molar-refractivity contribution in [2.24, 2.45) is 0 Å². The lowest BCUT2D eigenvalue weighted by molar-refractivity contribution is -0.389. The molecule has 0 bridgehead atoms. The molecule has 13 nitrogen and oxygen atoms in total. The van der Waals surface area contributed by atoms with E-state index in [1.807, 2.05) is 36.4 Å². The van der Waals surface area contributed by atoms with Crippen LogP contribution in [0.25, 0.3) is 45.4 Å². The molecule has 4 aromatic carbocycles. The average molecular weight is 831 g/mol. The molecule has 0 radical (unpaired) electrons. The summed E-state index contributed by atoms with van der Waals surface area (Å²) in [4.78, 5) is 57.6. The van der Waals surface area contributed by atoms with Crippen LogP contribution in [0.3, 0.4) is 0 Å². The van der Waals surface area contributed by atoms with E-state index in [1.165, 1.54) is 47.0 Å². The fourth-order valence-electron chi connectivity index (χ4n) is 7.02. The summed E-state index contributed by atoms with van der Waals surface area (Å²) in [5.41, 5.74) is 4.13. The van der Waals surface area contributed by atoms with Crippen LogP contribution in [0, 0.1) is 20.2 Å². The Morgan fingerprint density at radius 2 is 1.05 bits per heavy atom. The van der Waals surface area contributed by atoms with Crippen molar-refractivity contribution in [2.75, 3.05) is 0 Å². The number of aromatic nitrogens is 5. The van der Waals surface area contributed by atoms with Crippen LogP contribution in [-0.4, -0.2) is 45.1 Å². The van der Waals surface area contributed by atoms with Crippen molar-refractivity contribution in [3.05, 3.63) is 163 Å². The standard InChI is InChI=1S/C44H37Cl2N7O6/c1-2-3-4-5-6-7-20-51-37-18-8-29(23-39(49-25-41(47-27-49)52(56)57)43(54)31-10-14-33(45)15-11-31)21-35(37)36-22-30(9-19-38(36)51)24-40(50-26-42(48-28-50)53(58)59)44(55)32-12-16-34(46)17-13-32/h8-19,21-28H,2-7,20H2,1H3/b39-23-,40-24-. The van der Waals surface area contributed by atoms with Crippen molar-refractivity contribution in [1.82, 2.24) is 23.7 Å². The molecule has 0 atom stereocenters. The number of rotatable bonds is 17. The monoisotopic (exact) mass is 829 g/mol. The highest BCUT2D eigenvalue weighted by atomic mass is 35.5. The first-order valence-electron chi connectivity index (χ1n) is 19.0. The molecule has 0 unspecified atom stereocenters. The van der Waals surface area contributed by atoms with E-state index in [4.69, 9.17) is 23.2 Å². The smallest absolute Gasteiger partial charge is 0.358 e. The Balaban J connectivity index is 1.37.